The Balaban J connectivity index is 2.36. The van der Waals surface area contributed by atoms with Crippen LogP contribution in [-0.2, 0) is 12.5 Å². The molecule has 0 atom stereocenters. The highest BCUT2D eigenvalue weighted by molar-refractivity contribution is 5.89. The van der Waals surface area contributed by atoms with Crippen LogP contribution in [0.1, 0.15) is 68.4 Å². The van der Waals surface area contributed by atoms with Crippen molar-refractivity contribution in [1.82, 2.24) is 0 Å². The zero-order chi connectivity index (χ0) is 20.1. The van der Waals surface area contributed by atoms with Gasteiger partial charge in [0.05, 0.1) is 0 Å². The summed E-state index contributed by atoms with van der Waals surface area (Å²) in [5.74, 6) is 0.541. The van der Waals surface area contributed by atoms with Crippen molar-refractivity contribution in [2.45, 2.75) is 66.7 Å². The van der Waals surface area contributed by atoms with E-state index in [0.717, 1.165) is 0 Å². The maximum absolute atomic E-state index is 2.41. The minimum Gasteiger partial charge on any atom is -0.200 e. The summed E-state index contributed by atoms with van der Waals surface area (Å²) >= 11 is 0. The summed E-state index contributed by atoms with van der Waals surface area (Å²) in [5.41, 5.74) is 9.74. The van der Waals surface area contributed by atoms with E-state index in [0.29, 0.717) is 5.92 Å². The molecule has 1 heterocycles. The fourth-order valence-electron chi connectivity index (χ4n) is 3.97. The second-order valence-corrected chi connectivity index (χ2v) is 9.43. The summed E-state index contributed by atoms with van der Waals surface area (Å²) in [7, 11) is 2.18. The van der Waals surface area contributed by atoms with Crippen LogP contribution in [0.2, 0.25) is 0 Å². The van der Waals surface area contributed by atoms with Crippen molar-refractivity contribution in [2.24, 2.45) is 7.05 Å². The molecular formula is C26H34N+. The van der Waals surface area contributed by atoms with E-state index in [1.807, 2.05) is 0 Å². The van der Waals surface area contributed by atoms with Crippen molar-refractivity contribution >= 4 is 10.8 Å². The van der Waals surface area contributed by atoms with Gasteiger partial charge in [0.15, 0.2) is 6.20 Å². The Hall–Kier alpha value is -2.15. The topological polar surface area (TPSA) is 3.88 Å². The Morgan fingerprint density at radius 2 is 1.56 bits per heavy atom. The molecule has 0 N–H and O–H groups in total. The first-order chi connectivity index (χ1) is 12.5. The van der Waals surface area contributed by atoms with Crippen molar-refractivity contribution in [3.8, 4) is 11.3 Å². The number of nitrogens with zero attached hydrogens (tertiary/aromatic N) is 1. The van der Waals surface area contributed by atoms with Crippen LogP contribution in [0.4, 0.5) is 0 Å². The number of aromatic nitrogens is 1. The first kappa shape index (κ1) is 19.6. The molecule has 2 aromatic carbocycles. The van der Waals surface area contributed by atoms with Crippen molar-refractivity contribution in [3.05, 3.63) is 64.3 Å². The normalized spacial score (nSPS) is 12.2. The lowest BCUT2D eigenvalue weighted by Gasteiger charge is -2.22. The summed E-state index contributed by atoms with van der Waals surface area (Å²) in [6.07, 6.45) is 2.28. The van der Waals surface area contributed by atoms with Crippen molar-refractivity contribution < 1.29 is 4.57 Å². The van der Waals surface area contributed by atoms with Crippen molar-refractivity contribution in [2.75, 3.05) is 0 Å². The van der Waals surface area contributed by atoms with E-state index in [9.17, 15) is 0 Å². The number of hydrogen-bond acceptors (Lipinski definition) is 0. The van der Waals surface area contributed by atoms with Crippen LogP contribution in [-0.4, -0.2) is 0 Å². The fraction of sp³-hybridized carbons (Fsp3) is 0.423. The quantitative estimate of drug-likeness (QED) is 0.449. The molecule has 0 aliphatic heterocycles. The van der Waals surface area contributed by atoms with Gasteiger partial charge in [-0.15, -0.1) is 0 Å². The monoisotopic (exact) mass is 360 g/mol. The third-order valence-electron chi connectivity index (χ3n) is 5.98. The van der Waals surface area contributed by atoms with Gasteiger partial charge in [0.1, 0.15) is 7.05 Å². The van der Waals surface area contributed by atoms with Gasteiger partial charge in [-0.05, 0) is 71.9 Å². The largest absolute Gasteiger partial charge is 0.216 e. The average Bonchev–Trinajstić information content (AvgIpc) is 2.57. The van der Waals surface area contributed by atoms with Crippen LogP contribution in [0.15, 0.2) is 36.5 Å². The molecule has 1 nitrogen and oxygen atoms in total. The predicted octanol–water partition coefficient (Wildman–Crippen LogP) is 6.68. The first-order valence-electron chi connectivity index (χ1n) is 10.1. The van der Waals surface area contributed by atoms with Gasteiger partial charge in [0.25, 0.3) is 0 Å². The lowest BCUT2D eigenvalue weighted by molar-refractivity contribution is -0.659. The Morgan fingerprint density at radius 3 is 2.15 bits per heavy atom. The van der Waals surface area contributed by atoms with E-state index >= 15 is 0 Å². The number of pyridine rings is 1. The summed E-state index contributed by atoms with van der Waals surface area (Å²) in [4.78, 5) is 0. The third-order valence-corrected chi connectivity index (χ3v) is 5.98. The summed E-state index contributed by atoms with van der Waals surface area (Å²) in [6, 6.07) is 11.7. The van der Waals surface area contributed by atoms with Gasteiger partial charge < -0.3 is 0 Å². The van der Waals surface area contributed by atoms with Gasteiger partial charge in [-0.1, -0.05) is 52.8 Å². The fourth-order valence-corrected chi connectivity index (χ4v) is 3.97. The molecule has 0 saturated carbocycles. The van der Waals surface area contributed by atoms with Gasteiger partial charge in [-0.3, -0.25) is 0 Å². The summed E-state index contributed by atoms with van der Waals surface area (Å²) in [6.45, 7) is 18.2. The van der Waals surface area contributed by atoms with E-state index in [4.69, 9.17) is 0 Å². The van der Waals surface area contributed by atoms with Crippen LogP contribution in [0, 0.1) is 20.8 Å². The van der Waals surface area contributed by atoms with E-state index < -0.39 is 0 Å². The molecule has 3 rings (SSSR count). The second-order valence-electron chi connectivity index (χ2n) is 9.43. The van der Waals surface area contributed by atoms with Gasteiger partial charge in [0.2, 0.25) is 5.69 Å². The molecule has 1 aromatic heterocycles. The molecule has 0 amide bonds. The van der Waals surface area contributed by atoms with Crippen molar-refractivity contribution in [3.63, 3.8) is 0 Å². The predicted molar refractivity (Wildman–Crippen MR) is 118 cm³/mol. The van der Waals surface area contributed by atoms with Crippen LogP contribution >= 0.6 is 0 Å². The van der Waals surface area contributed by atoms with E-state index in [1.54, 1.807) is 0 Å². The molecule has 3 aromatic rings. The molecule has 0 radical (unpaired) electrons. The van der Waals surface area contributed by atoms with Crippen LogP contribution in [0.5, 0.6) is 0 Å². The molecule has 0 unspecified atom stereocenters. The molecule has 0 fully saturated rings. The highest BCUT2D eigenvalue weighted by Crippen LogP contribution is 2.34. The first-order valence-corrected chi connectivity index (χ1v) is 10.1. The van der Waals surface area contributed by atoms with Crippen LogP contribution < -0.4 is 4.57 Å². The van der Waals surface area contributed by atoms with Crippen LogP contribution in [0.25, 0.3) is 22.0 Å². The molecule has 0 spiro atoms. The molecule has 0 aliphatic rings. The number of benzene rings is 2. The van der Waals surface area contributed by atoms with Gasteiger partial charge in [-0.2, -0.15) is 0 Å². The maximum Gasteiger partial charge on any atom is 0.216 e. The zero-order valence-electron chi connectivity index (χ0n) is 18.5. The molecule has 0 bridgehead atoms. The lowest BCUT2D eigenvalue weighted by Crippen LogP contribution is -2.32. The lowest BCUT2D eigenvalue weighted by atomic mass is 9.82. The Labute approximate surface area is 165 Å². The van der Waals surface area contributed by atoms with Gasteiger partial charge >= 0.3 is 0 Å². The molecule has 0 aliphatic carbocycles. The molecule has 1 heteroatoms. The zero-order valence-corrected chi connectivity index (χ0v) is 18.5. The van der Waals surface area contributed by atoms with Crippen molar-refractivity contribution in [1.29, 1.82) is 0 Å². The second kappa shape index (κ2) is 6.78. The van der Waals surface area contributed by atoms with Crippen LogP contribution in [0.3, 0.4) is 0 Å². The Morgan fingerprint density at radius 1 is 0.889 bits per heavy atom. The third kappa shape index (κ3) is 3.52. The number of hydrogen-bond donors (Lipinski definition) is 0. The van der Waals surface area contributed by atoms with E-state index in [1.165, 1.54) is 49.8 Å². The Bertz CT molecular complexity index is 1020. The summed E-state index contributed by atoms with van der Waals surface area (Å²) < 4.78 is 2.31. The number of aryl methyl sites for hydroxylation is 3. The van der Waals surface area contributed by atoms with Gasteiger partial charge in [-0.25, -0.2) is 4.57 Å². The minimum atomic E-state index is 0.140. The van der Waals surface area contributed by atoms with Gasteiger partial charge in [0, 0.05) is 16.5 Å². The minimum absolute atomic E-state index is 0.140. The number of fused-ring (bicyclic) bond motifs is 1. The maximum atomic E-state index is 2.41. The SMILES string of the molecule is Cc1cc(C(C)(C)C)cc(-c2c(C)c3cc(C(C)C)ccc3c[n+]2C)c1C. The standard InChI is InChI=1S/C26H34N/c1-16(2)20-10-11-21-15-27(9)25(19(5)23(21)13-20)24-14-22(26(6,7)8)12-17(3)18(24)4/h10-16H,1-9H3/q+1. The number of rotatable bonds is 2. The smallest absolute Gasteiger partial charge is 0.200 e. The molecule has 142 valence electrons. The highest BCUT2D eigenvalue weighted by atomic mass is 14.9. The molecule has 27 heavy (non-hydrogen) atoms. The molecular weight excluding hydrogens is 326 g/mol. The molecule has 0 saturated heterocycles. The highest BCUT2D eigenvalue weighted by Gasteiger charge is 2.23. The Kier molecular flexibility index (Phi) is 4.93. The van der Waals surface area contributed by atoms with E-state index in [2.05, 4.69) is 104 Å². The average molecular weight is 361 g/mol. The van der Waals surface area contributed by atoms with E-state index in [-0.39, 0.29) is 5.41 Å². The summed E-state index contributed by atoms with van der Waals surface area (Å²) in [5, 5.41) is 2.68.